The normalized spacial score (nSPS) is 13.2. The lowest BCUT2D eigenvalue weighted by molar-refractivity contribution is 0.229. The van der Waals surface area contributed by atoms with Gasteiger partial charge in [0, 0.05) is 18.8 Å². The zero-order valence-corrected chi connectivity index (χ0v) is 13.5. The monoisotopic (exact) mass is 313 g/mol. The summed E-state index contributed by atoms with van der Waals surface area (Å²) in [5, 5.41) is 14.7. The van der Waals surface area contributed by atoms with E-state index in [-0.39, 0.29) is 24.7 Å². The molecule has 0 aliphatic heterocycles. The second-order valence-corrected chi connectivity index (χ2v) is 5.63. The van der Waals surface area contributed by atoms with Gasteiger partial charge in [-0.25, -0.2) is 4.79 Å². The highest BCUT2D eigenvalue weighted by atomic mass is 16.3. The van der Waals surface area contributed by atoms with Crippen LogP contribution in [0.3, 0.4) is 0 Å². The van der Waals surface area contributed by atoms with E-state index >= 15 is 0 Å². The molecule has 1 heterocycles. The summed E-state index contributed by atoms with van der Waals surface area (Å²) < 4.78 is 0. The summed E-state index contributed by atoms with van der Waals surface area (Å²) in [6, 6.07) is 12.9. The molecule has 122 valence electrons. The Bertz CT molecular complexity index is 631. The first kappa shape index (κ1) is 17.0. The fourth-order valence-electron chi connectivity index (χ4n) is 2.39. The van der Waals surface area contributed by atoms with E-state index in [1.54, 1.807) is 6.20 Å². The minimum atomic E-state index is -0.322. The molecule has 2 atom stereocenters. The van der Waals surface area contributed by atoms with E-state index in [9.17, 15) is 4.79 Å². The third kappa shape index (κ3) is 5.07. The van der Waals surface area contributed by atoms with Gasteiger partial charge in [0.15, 0.2) is 0 Å². The first-order valence-electron chi connectivity index (χ1n) is 7.75. The Labute approximate surface area is 136 Å². The van der Waals surface area contributed by atoms with Crippen LogP contribution in [0.15, 0.2) is 48.7 Å². The number of aryl methyl sites for hydroxylation is 1. The number of carbonyl (C=O) groups excluding carboxylic acids is 1. The summed E-state index contributed by atoms with van der Waals surface area (Å²) in [7, 11) is 0. The number of nitrogens with one attached hydrogen (secondary N) is 2. The molecule has 0 radical (unpaired) electrons. The fraction of sp³-hybridized carbons (Fsp3) is 0.333. The third-order valence-corrected chi connectivity index (χ3v) is 3.57. The van der Waals surface area contributed by atoms with E-state index in [2.05, 4.69) is 15.6 Å². The van der Waals surface area contributed by atoms with Gasteiger partial charge in [-0.05, 0) is 38.0 Å². The van der Waals surface area contributed by atoms with Crippen LogP contribution in [0.2, 0.25) is 0 Å². The van der Waals surface area contributed by atoms with Crippen molar-refractivity contribution in [1.29, 1.82) is 0 Å². The van der Waals surface area contributed by atoms with Gasteiger partial charge >= 0.3 is 6.03 Å². The number of carbonyl (C=O) groups is 1. The van der Waals surface area contributed by atoms with E-state index in [0.29, 0.717) is 6.42 Å². The molecule has 0 saturated carbocycles. The molecule has 1 aromatic heterocycles. The van der Waals surface area contributed by atoms with Crippen molar-refractivity contribution in [3.8, 4) is 0 Å². The number of hydrogen-bond donors (Lipinski definition) is 3. The van der Waals surface area contributed by atoms with Crippen LogP contribution in [0.5, 0.6) is 0 Å². The van der Waals surface area contributed by atoms with Crippen LogP contribution in [0.4, 0.5) is 4.79 Å². The summed E-state index contributed by atoms with van der Waals surface area (Å²) in [6.07, 6.45) is 2.23. The average Bonchev–Trinajstić information content (AvgIpc) is 2.53. The van der Waals surface area contributed by atoms with Crippen molar-refractivity contribution in [2.45, 2.75) is 32.4 Å². The van der Waals surface area contributed by atoms with Crippen molar-refractivity contribution < 1.29 is 9.90 Å². The van der Waals surface area contributed by atoms with E-state index in [1.165, 1.54) is 0 Å². The first-order chi connectivity index (χ1) is 11.1. The number of aliphatic hydroxyl groups excluding tert-OH is 1. The fourth-order valence-corrected chi connectivity index (χ4v) is 2.39. The number of nitrogens with zero attached hydrogens (tertiary/aromatic N) is 1. The molecule has 0 aliphatic rings. The van der Waals surface area contributed by atoms with Gasteiger partial charge in [0.1, 0.15) is 0 Å². The van der Waals surface area contributed by atoms with Crippen LogP contribution < -0.4 is 10.6 Å². The van der Waals surface area contributed by atoms with Gasteiger partial charge < -0.3 is 15.7 Å². The highest BCUT2D eigenvalue weighted by Crippen LogP contribution is 2.21. The van der Waals surface area contributed by atoms with Crippen molar-refractivity contribution in [2.24, 2.45) is 0 Å². The van der Waals surface area contributed by atoms with Crippen molar-refractivity contribution >= 4 is 6.03 Å². The average molecular weight is 313 g/mol. The number of benzene rings is 1. The molecule has 3 N–H and O–H groups in total. The molecule has 1 aromatic carbocycles. The largest absolute Gasteiger partial charge is 0.396 e. The van der Waals surface area contributed by atoms with Gasteiger partial charge in [0.2, 0.25) is 0 Å². The number of rotatable bonds is 6. The maximum Gasteiger partial charge on any atom is 0.315 e. The second kappa shape index (κ2) is 8.29. The molecule has 2 amide bonds. The number of hydrogen-bond acceptors (Lipinski definition) is 3. The molecule has 0 spiro atoms. The van der Waals surface area contributed by atoms with E-state index < -0.39 is 0 Å². The lowest BCUT2D eigenvalue weighted by Gasteiger charge is -2.21. The molecule has 5 nitrogen and oxygen atoms in total. The molecule has 2 aromatic rings. The molecule has 5 heteroatoms. The van der Waals surface area contributed by atoms with Crippen LogP contribution in [0.25, 0.3) is 0 Å². The van der Waals surface area contributed by atoms with Crippen LogP contribution in [-0.4, -0.2) is 28.8 Å². The van der Waals surface area contributed by atoms with Crippen LogP contribution in [0, 0.1) is 6.92 Å². The number of aliphatic hydroxyl groups is 1. The van der Waals surface area contributed by atoms with Crippen LogP contribution >= 0.6 is 0 Å². The molecule has 23 heavy (non-hydrogen) atoms. The maximum absolute atomic E-state index is 12.2. The quantitative estimate of drug-likeness (QED) is 0.767. The first-order valence-corrected chi connectivity index (χ1v) is 7.75. The summed E-state index contributed by atoms with van der Waals surface area (Å²) in [4.78, 5) is 16.6. The van der Waals surface area contributed by atoms with Gasteiger partial charge in [-0.1, -0.05) is 35.9 Å². The zero-order chi connectivity index (χ0) is 16.7. The predicted molar refractivity (Wildman–Crippen MR) is 90.1 cm³/mol. The summed E-state index contributed by atoms with van der Waals surface area (Å²) in [5.74, 6) is 0. The van der Waals surface area contributed by atoms with Gasteiger partial charge in [-0.2, -0.15) is 0 Å². The Balaban J connectivity index is 2.19. The summed E-state index contributed by atoms with van der Waals surface area (Å²) in [6.45, 7) is 3.92. The lowest BCUT2D eigenvalue weighted by Crippen LogP contribution is -2.43. The van der Waals surface area contributed by atoms with Crippen LogP contribution in [-0.2, 0) is 0 Å². The number of aromatic nitrogens is 1. The maximum atomic E-state index is 12.2. The smallest absolute Gasteiger partial charge is 0.315 e. The number of amides is 2. The number of urea groups is 1. The Kier molecular flexibility index (Phi) is 6.11. The Morgan fingerprint density at radius 3 is 2.70 bits per heavy atom. The predicted octanol–water partition coefficient (Wildman–Crippen LogP) is 2.55. The second-order valence-electron chi connectivity index (χ2n) is 5.63. The van der Waals surface area contributed by atoms with E-state index in [0.717, 1.165) is 16.8 Å². The topological polar surface area (TPSA) is 74.2 Å². The molecule has 1 unspecified atom stereocenters. The lowest BCUT2D eigenvalue weighted by atomic mass is 10.0. The molecule has 0 saturated heterocycles. The summed E-state index contributed by atoms with van der Waals surface area (Å²) >= 11 is 0. The standard InChI is InChI=1S/C18H23N3O2/c1-13-6-5-7-15(12-13)17(16-8-3-4-10-19-16)21-18(23)20-14(2)9-11-22/h3-8,10,12,14,17,22H,9,11H2,1-2H3,(H2,20,21,23)/t14-,17?/m1/s1. The number of pyridine rings is 1. The Morgan fingerprint density at radius 2 is 2.04 bits per heavy atom. The molecule has 0 bridgehead atoms. The third-order valence-electron chi connectivity index (χ3n) is 3.57. The molecular weight excluding hydrogens is 290 g/mol. The van der Waals surface area contributed by atoms with Crippen molar-refractivity contribution in [2.75, 3.05) is 6.61 Å². The molecule has 0 aliphatic carbocycles. The van der Waals surface area contributed by atoms with Gasteiger partial charge in [-0.15, -0.1) is 0 Å². The van der Waals surface area contributed by atoms with Crippen molar-refractivity contribution in [3.05, 3.63) is 65.5 Å². The van der Waals surface area contributed by atoms with Crippen molar-refractivity contribution in [3.63, 3.8) is 0 Å². The van der Waals surface area contributed by atoms with E-state index in [4.69, 9.17) is 5.11 Å². The van der Waals surface area contributed by atoms with Crippen LogP contribution in [0.1, 0.15) is 36.2 Å². The molecular formula is C18H23N3O2. The SMILES string of the molecule is Cc1cccc(C(NC(=O)N[C@H](C)CCO)c2ccccn2)c1. The summed E-state index contributed by atoms with van der Waals surface area (Å²) in [5.41, 5.74) is 2.89. The zero-order valence-electron chi connectivity index (χ0n) is 13.5. The highest BCUT2D eigenvalue weighted by Gasteiger charge is 2.18. The minimum Gasteiger partial charge on any atom is -0.396 e. The Morgan fingerprint density at radius 1 is 1.22 bits per heavy atom. The van der Waals surface area contributed by atoms with Gasteiger partial charge in [-0.3, -0.25) is 4.98 Å². The Hall–Kier alpha value is -2.40. The minimum absolute atomic E-state index is 0.0446. The highest BCUT2D eigenvalue weighted by molar-refractivity contribution is 5.75. The van der Waals surface area contributed by atoms with Gasteiger partial charge in [0.25, 0.3) is 0 Å². The molecule has 0 fully saturated rings. The van der Waals surface area contributed by atoms with E-state index in [1.807, 2.05) is 56.3 Å². The molecule has 2 rings (SSSR count). The van der Waals surface area contributed by atoms with Gasteiger partial charge in [0.05, 0.1) is 11.7 Å². The van der Waals surface area contributed by atoms with Crippen molar-refractivity contribution in [1.82, 2.24) is 15.6 Å².